The summed E-state index contributed by atoms with van der Waals surface area (Å²) in [6.07, 6.45) is 0.0561. The highest BCUT2D eigenvalue weighted by molar-refractivity contribution is 7.89. The number of carbonyl (C=O) groups is 1. The van der Waals surface area contributed by atoms with E-state index in [9.17, 15) is 18.3 Å². The summed E-state index contributed by atoms with van der Waals surface area (Å²) in [5.74, 6) is -0.668. The smallest absolute Gasteiger partial charge is 0.242 e. The van der Waals surface area contributed by atoms with Crippen LogP contribution in [0.1, 0.15) is 47.1 Å². The third-order valence-corrected chi connectivity index (χ3v) is 11.1. The number of nitrogens with one attached hydrogen (secondary N) is 2. The highest BCUT2D eigenvalue weighted by atomic mass is 35.5. The molecule has 0 saturated carbocycles. The second kappa shape index (κ2) is 16.1. The molecular weight excluding hydrogens is 711 g/mol. The van der Waals surface area contributed by atoms with E-state index < -0.39 is 40.5 Å². The Kier molecular flexibility index (Phi) is 11.6. The first kappa shape index (κ1) is 36.7. The lowest BCUT2D eigenvalue weighted by Gasteiger charge is -2.41. The standard InChI is InChI=1S/C38H38Cl2N4O6S/c1-24-11-17-31(18-12-24)51(47,48)43-32(19-26-7-4-3-5-8-26)37(46)42-30-10-6-9-29(20-30)38-49-33(21-44-23-41-35(39)36(44)40)25(2)34(50-38)28-15-13-27(22-45)14-16-28/h3-18,20,23,25,32-34,38,43,45H,19,21-22H2,1-2H3,(H,42,46)/t25-,32-,33+,34+,38+/m1/s1. The fraction of sp³-hybridized carbons (Fsp3) is 0.263. The minimum absolute atomic E-state index is 0.0659. The van der Waals surface area contributed by atoms with E-state index in [1.807, 2.05) is 74.5 Å². The van der Waals surface area contributed by atoms with Gasteiger partial charge in [0.15, 0.2) is 11.4 Å². The van der Waals surface area contributed by atoms with Crippen LogP contribution in [0, 0.1) is 12.8 Å². The molecule has 1 aliphatic heterocycles. The fourth-order valence-electron chi connectivity index (χ4n) is 5.99. The Morgan fingerprint density at radius 1 is 0.922 bits per heavy atom. The zero-order valence-corrected chi connectivity index (χ0v) is 30.3. The number of aliphatic hydroxyl groups excluding tert-OH is 1. The minimum atomic E-state index is -4.02. The molecule has 1 fully saturated rings. The number of hydrogen-bond donors (Lipinski definition) is 3. The number of sulfonamides is 1. The van der Waals surface area contributed by atoms with Gasteiger partial charge in [-0.2, -0.15) is 4.72 Å². The van der Waals surface area contributed by atoms with Crippen molar-refractivity contribution in [3.05, 3.63) is 148 Å². The number of halogens is 2. The van der Waals surface area contributed by atoms with Crippen LogP contribution in [-0.2, 0) is 43.9 Å². The van der Waals surface area contributed by atoms with Crippen molar-refractivity contribution in [2.75, 3.05) is 5.32 Å². The summed E-state index contributed by atoms with van der Waals surface area (Å²) < 4.78 is 44.3. The summed E-state index contributed by atoms with van der Waals surface area (Å²) >= 11 is 12.6. The predicted molar refractivity (Wildman–Crippen MR) is 196 cm³/mol. The number of aryl methyl sites for hydroxylation is 1. The normalized spacial score (nSPS) is 19.8. The van der Waals surface area contributed by atoms with E-state index in [1.54, 1.807) is 41.2 Å². The molecule has 1 amide bonds. The lowest BCUT2D eigenvalue weighted by atomic mass is 9.90. The second-order valence-corrected chi connectivity index (χ2v) is 15.0. The lowest BCUT2D eigenvalue weighted by molar-refractivity contribution is -0.276. The van der Waals surface area contributed by atoms with Gasteiger partial charge in [-0.1, -0.05) is 115 Å². The summed E-state index contributed by atoms with van der Waals surface area (Å²) in [4.78, 5) is 18.0. The van der Waals surface area contributed by atoms with Crippen molar-refractivity contribution in [2.24, 2.45) is 5.92 Å². The molecular formula is C38H38Cl2N4O6S. The monoisotopic (exact) mass is 748 g/mol. The Balaban J connectivity index is 1.26. The summed E-state index contributed by atoms with van der Waals surface area (Å²) in [5.41, 5.74) is 4.46. The first-order chi connectivity index (χ1) is 24.5. The largest absolute Gasteiger partial charge is 0.392 e. The molecule has 0 bridgehead atoms. The zero-order valence-electron chi connectivity index (χ0n) is 27.9. The first-order valence-corrected chi connectivity index (χ1v) is 18.6. The molecule has 13 heteroatoms. The minimum Gasteiger partial charge on any atom is -0.392 e. The van der Waals surface area contributed by atoms with Crippen LogP contribution in [0.3, 0.4) is 0 Å². The number of aliphatic hydroxyl groups is 1. The molecule has 10 nitrogen and oxygen atoms in total. The molecule has 0 aliphatic carbocycles. The van der Waals surface area contributed by atoms with E-state index in [4.69, 9.17) is 32.7 Å². The summed E-state index contributed by atoms with van der Waals surface area (Å²) in [6, 6.07) is 29.2. The van der Waals surface area contributed by atoms with Gasteiger partial charge < -0.3 is 24.5 Å². The Morgan fingerprint density at radius 3 is 2.31 bits per heavy atom. The summed E-state index contributed by atoms with van der Waals surface area (Å²) in [6.45, 7) is 4.17. The number of ether oxygens (including phenoxy) is 2. The molecule has 0 unspecified atom stereocenters. The molecule has 1 aliphatic rings. The molecule has 4 aromatic carbocycles. The molecule has 1 aromatic heterocycles. The van der Waals surface area contributed by atoms with E-state index in [0.29, 0.717) is 22.9 Å². The number of imidazole rings is 1. The van der Waals surface area contributed by atoms with Crippen LogP contribution < -0.4 is 10.0 Å². The number of carbonyl (C=O) groups excluding carboxylic acids is 1. The van der Waals surface area contributed by atoms with Crippen LogP contribution in [0.4, 0.5) is 5.69 Å². The van der Waals surface area contributed by atoms with Gasteiger partial charge in [0.25, 0.3) is 0 Å². The molecule has 0 radical (unpaired) electrons. The van der Waals surface area contributed by atoms with Crippen LogP contribution in [-0.4, -0.2) is 41.1 Å². The van der Waals surface area contributed by atoms with E-state index in [0.717, 1.165) is 22.3 Å². The van der Waals surface area contributed by atoms with Gasteiger partial charge in [-0.05, 0) is 54.3 Å². The van der Waals surface area contributed by atoms with Gasteiger partial charge in [0.2, 0.25) is 15.9 Å². The topological polar surface area (TPSA) is 132 Å². The Bertz CT molecular complexity index is 2060. The molecule has 6 rings (SSSR count). The SMILES string of the molecule is Cc1ccc(S(=O)(=O)N[C@H](Cc2ccccc2)C(=O)Nc2cccc([C@H]3O[C@@H](Cn4cnc(Cl)c4Cl)[C@@H](C)[C@@H](c4ccc(CO)cc4)O3)c2)cc1. The number of anilines is 1. The fourth-order valence-corrected chi connectivity index (χ4v) is 7.50. The Hall–Kier alpha value is -4.07. The Labute approximate surface area is 307 Å². The van der Waals surface area contributed by atoms with Crippen LogP contribution in [0.25, 0.3) is 0 Å². The molecule has 5 atom stereocenters. The summed E-state index contributed by atoms with van der Waals surface area (Å²) in [5, 5.41) is 13.0. The molecule has 1 saturated heterocycles. The highest BCUT2D eigenvalue weighted by Crippen LogP contribution is 2.42. The van der Waals surface area contributed by atoms with Crippen molar-refractivity contribution in [3.8, 4) is 0 Å². The van der Waals surface area contributed by atoms with Crippen LogP contribution in [0.5, 0.6) is 0 Å². The van der Waals surface area contributed by atoms with Crippen molar-refractivity contribution in [1.82, 2.24) is 14.3 Å². The summed E-state index contributed by atoms with van der Waals surface area (Å²) in [7, 11) is -4.02. The van der Waals surface area contributed by atoms with E-state index in [-0.39, 0.29) is 29.0 Å². The van der Waals surface area contributed by atoms with Crippen molar-refractivity contribution in [2.45, 2.75) is 62.9 Å². The van der Waals surface area contributed by atoms with Gasteiger partial charge in [-0.15, -0.1) is 0 Å². The lowest BCUT2D eigenvalue weighted by Crippen LogP contribution is -2.45. The maximum Gasteiger partial charge on any atom is 0.242 e. The van der Waals surface area contributed by atoms with Crippen LogP contribution in [0.2, 0.25) is 10.3 Å². The number of rotatable bonds is 12. The average molecular weight is 750 g/mol. The van der Waals surface area contributed by atoms with E-state index >= 15 is 0 Å². The maximum atomic E-state index is 13.8. The van der Waals surface area contributed by atoms with Crippen LogP contribution >= 0.6 is 23.2 Å². The zero-order chi connectivity index (χ0) is 36.1. The Morgan fingerprint density at radius 2 is 1.65 bits per heavy atom. The van der Waals surface area contributed by atoms with E-state index in [1.165, 1.54) is 12.1 Å². The third kappa shape index (κ3) is 8.88. The van der Waals surface area contributed by atoms with Gasteiger partial charge in [0.05, 0.1) is 36.6 Å². The van der Waals surface area contributed by atoms with Crippen LogP contribution in [0.15, 0.2) is 114 Å². The number of hydrogen-bond acceptors (Lipinski definition) is 7. The molecule has 2 heterocycles. The maximum absolute atomic E-state index is 13.8. The first-order valence-electron chi connectivity index (χ1n) is 16.4. The molecule has 51 heavy (non-hydrogen) atoms. The second-order valence-electron chi connectivity index (χ2n) is 12.6. The van der Waals surface area contributed by atoms with Gasteiger partial charge >= 0.3 is 0 Å². The number of benzene rings is 4. The van der Waals surface area contributed by atoms with Gasteiger partial charge in [0, 0.05) is 17.2 Å². The third-order valence-electron chi connectivity index (χ3n) is 8.89. The molecule has 3 N–H and O–H groups in total. The average Bonchev–Trinajstić information content (AvgIpc) is 3.45. The van der Waals surface area contributed by atoms with Crippen molar-refractivity contribution >= 4 is 44.8 Å². The molecule has 266 valence electrons. The van der Waals surface area contributed by atoms with Crippen molar-refractivity contribution in [3.63, 3.8) is 0 Å². The molecule has 5 aromatic rings. The molecule has 0 spiro atoms. The predicted octanol–water partition coefficient (Wildman–Crippen LogP) is 7.01. The van der Waals surface area contributed by atoms with Gasteiger partial charge in [0.1, 0.15) is 11.2 Å². The van der Waals surface area contributed by atoms with Crippen molar-refractivity contribution in [1.29, 1.82) is 0 Å². The number of amides is 1. The number of nitrogens with zero attached hydrogens (tertiary/aromatic N) is 2. The number of aromatic nitrogens is 2. The van der Waals surface area contributed by atoms with Crippen molar-refractivity contribution < 1.29 is 27.8 Å². The highest BCUT2D eigenvalue weighted by Gasteiger charge is 2.39. The van der Waals surface area contributed by atoms with Gasteiger partial charge in [-0.25, -0.2) is 13.4 Å². The van der Waals surface area contributed by atoms with Gasteiger partial charge in [-0.3, -0.25) is 4.79 Å². The quantitative estimate of drug-likeness (QED) is 0.125. The van der Waals surface area contributed by atoms with E-state index in [2.05, 4.69) is 15.0 Å².